The fourth-order valence-electron chi connectivity index (χ4n) is 4.77. The Balaban J connectivity index is 1.22. The van der Waals surface area contributed by atoms with Crippen LogP contribution in [-0.2, 0) is 28.8 Å². The van der Waals surface area contributed by atoms with Crippen LogP contribution in [0.15, 0.2) is 93.8 Å². The van der Waals surface area contributed by atoms with E-state index in [1.807, 2.05) is 74.5 Å². The minimum atomic E-state index is -0.545. The Bertz CT molecular complexity index is 1520. The third kappa shape index (κ3) is 6.17. The molecule has 0 aliphatic heterocycles. The first-order chi connectivity index (χ1) is 19.0. The molecule has 5 rings (SSSR count). The van der Waals surface area contributed by atoms with E-state index in [0.29, 0.717) is 29.7 Å². The maximum atomic E-state index is 12.8. The fraction of sp³-hybridized carbons (Fsp3) is 0.242. The lowest BCUT2D eigenvalue weighted by molar-refractivity contribution is -0.142. The van der Waals surface area contributed by atoms with Gasteiger partial charge >= 0.3 is 5.97 Å². The molecule has 198 valence electrons. The Morgan fingerprint density at radius 2 is 1.31 bits per heavy atom. The Morgan fingerprint density at radius 3 is 1.92 bits per heavy atom. The van der Waals surface area contributed by atoms with E-state index in [0.717, 1.165) is 47.4 Å². The molecule has 1 atom stereocenters. The number of rotatable bonds is 10. The van der Waals surface area contributed by atoms with Gasteiger partial charge in [0.1, 0.15) is 17.4 Å². The van der Waals surface area contributed by atoms with Crippen LogP contribution in [0.5, 0.6) is 0 Å². The number of methoxy groups -OCH3 is 1. The van der Waals surface area contributed by atoms with Gasteiger partial charge in [0.25, 0.3) is 0 Å². The number of aryl methyl sites for hydroxylation is 4. The third-order valence-electron chi connectivity index (χ3n) is 6.92. The van der Waals surface area contributed by atoms with Gasteiger partial charge in [0.05, 0.1) is 18.5 Å². The summed E-state index contributed by atoms with van der Waals surface area (Å²) in [5.41, 5.74) is 5.76. The zero-order valence-corrected chi connectivity index (χ0v) is 22.5. The van der Waals surface area contributed by atoms with Crippen molar-refractivity contribution < 1.29 is 18.4 Å². The van der Waals surface area contributed by atoms with Crippen LogP contribution >= 0.6 is 0 Å². The number of hydrogen-bond donors (Lipinski definition) is 0. The summed E-state index contributed by atoms with van der Waals surface area (Å²) in [6.07, 6.45) is 3.22. The number of carbonyl (C=O) groups is 1. The fourth-order valence-corrected chi connectivity index (χ4v) is 4.77. The van der Waals surface area contributed by atoms with Crippen LogP contribution < -0.4 is 0 Å². The molecule has 6 nitrogen and oxygen atoms in total. The second kappa shape index (κ2) is 11.9. The van der Waals surface area contributed by atoms with E-state index in [2.05, 4.69) is 29.2 Å². The van der Waals surface area contributed by atoms with Crippen molar-refractivity contribution in [2.45, 2.75) is 45.4 Å². The lowest BCUT2D eigenvalue weighted by Gasteiger charge is -2.13. The summed E-state index contributed by atoms with van der Waals surface area (Å²) in [6, 6.07) is 28.1. The van der Waals surface area contributed by atoms with E-state index >= 15 is 0 Å². The molecule has 0 radical (unpaired) electrons. The van der Waals surface area contributed by atoms with E-state index in [9.17, 15) is 4.79 Å². The van der Waals surface area contributed by atoms with Gasteiger partial charge in [-0.15, -0.1) is 0 Å². The van der Waals surface area contributed by atoms with E-state index in [4.69, 9.17) is 18.6 Å². The molecule has 0 amide bonds. The topological polar surface area (TPSA) is 78.4 Å². The van der Waals surface area contributed by atoms with E-state index in [1.54, 1.807) is 0 Å². The van der Waals surface area contributed by atoms with Crippen molar-refractivity contribution in [3.63, 3.8) is 0 Å². The first-order valence-electron chi connectivity index (χ1n) is 13.2. The molecule has 1 unspecified atom stereocenters. The third-order valence-corrected chi connectivity index (χ3v) is 6.92. The molecule has 0 N–H and O–H groups in total. The standard InChI is InChI=1S/C33H32N2O4/c1-22-29(34-31(38-22)26-12-6-4-7-13-26)16-10-11-24-17-19-25(20-18-24)21-28(33(36)37-3)30-23(2)39-32(35-30)27-14-8-5-9-15-27/h4-9,12-15,17-20,28H,10-11,16,21H2,1-3H3. The number of esters is 1. The highest BCUT2D eigenvalue weighted by Gasteiger charge is 2.28. The Labute approximate surface area is 228 Å². The molecule has 0 saturated heterocycles. The minimum Gasteiger partial charge on any atom is -0.468 e. The van der Waals surface area contributed by atoms with Crippen LogP contribution in [0.1, 0.15) is 46.4 Å². The van der Waals surface area contributed by atoms with Crippen LogP contribution in [0.25, 0.3) is 22.9 Å². The molecule has 0 bridgehead atoms. The monoisotopic (exact) mass is 520 g/mol. The summed E-state index contributed by atoms with van der Waals surface area (Å²) >= 11 is 0. The summed E-state index contributed by atoms with van der Waals surface area (Å²) in [7, 11) is 1.41. The SMILES string of the molecule is COC(=O)C(Cc1ccc(CCCc2nc(-c3ccccc3)oc2C)cc1)c1nc(-c2ccccc2)oc1C. The molecule has 6 heteroatoms. The van der Waals surface area contributed by atoms with Gasteiger partial charge in [-0.25, -0.2) is 9.97 Å². The number of oxazole rings is 2. The van der Waals surface area contributed by atoms with Crippen LogP contribution in [-0.4, -0.2) is 23.0 Å². The Kier molecular flexibility index (Phi) is 8.02. The van der Waals surface area contributed by atoms with Crippen molar-refractivity contribution in [3.8, 4) is 22.9 Å². The molecule has 0 saturated carbocycles. The van der Waals surface area contributed by atoms with Crippen molar-refractivity contribution in [2.24, 2.45) is 0 Å². The van der Waals surface area contributed by atoms with Gasteiger partial charge in [0.15, 0.2) is 0 Å². The van der Waals surface area contributed by atoms with Crippen LogP contribution in [0.4, 0.5) is 0 Å². The quantitative estimate of drug-likeness (QED) is 0.180. The molecule has 0 aliphatic rings. The summed E-state index contributed by atoms with van der Waals surface area (Å²) in [5.74, 6) is 1.80. The van der Waals surface area contributed by atoms with Gasteiger partial charge in [-0.1, -0.05) is 60.7 Å². The number of nitrogens with zero attached hydrogens (tertiary/aromatic N) is 2. The highest BCUT2D eigenvalue weighted by atomic mass is 16.5. The van der Waals surface area contributed by atoms with Gasteiger partial charge in [0, 0.05) is 11.1 Å². The van der Waals surface area contributed by atoms with Crippen LogP contribution in [0.3, 0.4) is 0 Å². The molecule has 39 heavy (non-hydrogen) atoms. The molecular weight excluding hydrogens is 488 g/mol. The van der Waals surface area contributed by atoms with Crippen LogP contribution in [0, 0.1) is 13.8 Å². The van der Waals surface area contributed by atoms with Gasteiger partial charge in [-0.05, 0) is 74.9 Å². The Hall–Kier alpha value is -4.45. The van der Waals surface area contributed by atoms with Crippen molar-refractivity contribution in [2.75, 3.05) is 7.11 Å². The zero-order chi connectivity index (χ0) is 27.2. The Morgan fingerprint density at radius 1 is 0.744 bits per heavy atom. The number of aromatic nitrogens is 2. The summed E-state index contributed by atoms with van der Waals surface area (Å²) in [6.45, 7) is 3.81. The molecule has 0 fully saturated rings. The molecule has 2 aromatic heterocycles. The summed E-state index contributed by atoms with van der Waals surface area (Å²) in [5, 5.41) is 0. The first kappa shape index (κ1) is 26.2. The highest BCUT2D eigenvalue weighted by molar-refractivity contribution is 5.78. The van der Waals surface area contributed by atoms with Gasteiger partial charge < -0.3 is 13.6 Å². The molecular formula is C33H32N2O4. The van der Waals surface area contributed by atoms with Gasteiger partial charge in [0.2, 0.25) is 11.8 Å². The average Bonchev–Trinajstić information content (AvgIpc) is 3.55. The predicted molar refractivity (Wildman–Crippen MR) is 150 cm³/mol. The highest BCUT2D eigenvalue weighted by Crippen LogP contribution is 2.30. The van der Waals surface area contributed by atoms with E-state index in [1.165, 1.54) is 12.7 Å². The van der Waals surface area contributed by atoms with Crippen LogP contribution in [0.2, 0.25) is 0 Å². The predicted octanol–water partition coefficient (Wildman–Crippen LogP) is 7.29. The smallest absolute Gasteiger partial charge is 0.315 e. The van der Waals surface area contributed by atoms with Crippen molar-refractivity contribution >= 4 is 5.97 Å². The zero-order valence-electron chi connectivity index (χ0n) is 22.5. The normalized spacial score (nSPS) is 11.9. The number of hydrogen-bond acceptors (Lipinski definition) is 6. The minimum absolute atomic E-state index is 0.326. The van der Waals surface area contributed by atoms with Gasteiger partial charge in [-0.3, -0.25) is 4.79 Å². The maximum Gasteiger partial charge on any atom is 0.315 e. The summed E-state index contributed by atoms with van der Waals surface area (Å²) in [4.78, 5) is 22.2. The van der Waals surface area contributed by atoms with E-state index < -0.39 is 5.92 Å². The number of carbonyl (C=O) groups excluding carboxylic acids is 1. The lowest BCUT2D eigenvalue weighted by atomic mass is 9.94. The molecule has 0 spiro atoms. The van der Waals surface area contributed by atoms with Gasteiger partial charge in [-0.2, -0.15) is 0 Å². The first-order valence-corrected chi connectivity index (χ1v) is 13.2. The lowest BCUT2D eigenvalue weighted by Crippen LogP contribution is -2.18. The van der Waals surface area contributed by atoms with E-state index in [-0.39, 0.29) is 5.97 Å². The average molecular weight is 521 g/mol. The largest absolute Gasteiger partial charge is 0.468 e. The molecule has 2 heterocycles. The summed E-state index contributed by atoms with van der Waals surface area (Å²) < 4.78 is 16.9. The van der Waals surface area contributed by atoms with Crippen molar-refractivity contribution in [1.82, 2.24) is 9.97 Å². The second-order valence-corrected chi connectivity index (χ2v) is 9.66. The maximum absolute atomic E-state index is 12.8. The second-order valence-electron chi connectivity index (χ2n) is 9.66. The number of ether oxygens (including phenoxy) is 1. The molecule has 5 aromatic rings. The molecule has 0 aliphatic carbocycles. The van der Waals surface area contributed by atoms with Crippen molar-refractivity contribution in [3.05, 3.63) is 119 Å². The number of benzene rings is 3. The molecule has 3 aromatic carbocycles. The van der Waals surface area contributed by atoms with Crippen molar-refractivity contribution in [1.29, 1.82) is 0 Å².